The third-order valence-electron chi connectivity index (χ3n) is 4.43. The predicted molar refractivity (Wildman–Crippen MR) is 134 cm³/mol. The number of carbonyl (C=O) groups excluding carboxylic acids is 1. The number of rotatable bonds is 11. The normalized spacial score (nSPS) is 11.1. The van der Waals surface area contributed by atoms with E-state index in [1.165, 1.54) is 30.5 Å². The largest absolute Gasteiger partial charge is 0.490 e. The lowest BCUT2D eigenvalue weighted by Gasteiger charge is -2.12. The number of halogens is 1. The van der Waals surface area contributed by atoms with E-state index in [9.17, 15) is 13.2 Å². The molecule has 3 aromatic carbocycles. The lowest BCUT2D eigenvalue weighted by Crippen LogP contribution is -2.17. The molecular weight excluding hydrogens is 492 g/mol. The Balaban J connectivity index is 1.66. The molecule has 182 valence electrons. The lowest BCUT2D eigenvalue weighted by molar-refractivity contribution is 0.0954. The molecule has 0 atom stereocenters. The van der Waals surface area contributed by atoms with Gasteiger partial charge in [-0.2, -0.15) is 13.5 Å². The molecule has 3 aromatic rings. The van der Waals surface area contributed by atoms with Gasteiger partial charge in [-0.05, 0) is 61.0 Å². The van der Waals surface area contributed by atoms with Gasteiger partial charge in [0.15, 0.2) is 17.2 Å². The van der Waals surface area contributed by atoms with Crippen LogP contribution in [-0.2, 0) is 10.1 Å². The number of hydrazone groups is 1. The van der Waals surface area contributed by atoms with E-state index in [-0.39, 0.29) is 15.7 Å². The van der Waals surface area contributed by atoms with Gasteiger partial charge in [-0.25, -0.2) is 5.43 Å². The molecule has 0 saturated carbocycles. The molecule has 0 aliphatic heterocycles. The minimum atomic E-state index is -4.02. The van der Waals surface area contributed by atoms with Crippen molar-refractivity contribution in [2.75, 3.05) is 13.2 Å². The highest BCUT2D eigenvalue weighted by Gasteiger charge is 2.18. The van der Waals surface area contributed by atoms with Crippen LogP contribution in [-0.4, -0.2) is 33.8 Å². The molecule has 0 bridgehead atoms. The quantitative estimate of drug-likeness (QED) is 0.170. The Hall–Kier alpha value is -3.82. The van der Waals surface area contributed by atoms with Crippen molar-refractivity contribution in [3.63, 3.8) is 0 Å². The molecular formula is C25H23ClN2O6S. The number of hydrogen-bond acceptors (Lipinski definition) is 7. The van der Waals surface area contributed by atoms with Crippen LogP contribution in [0.4, 0.5) is 0 Å². The molecule has 0 aliphatic carbocycles. The van der Waals surface area contributed by atoms with E-state index in [4.69, 9.17) is 25.3 Å². The van der Waals surface area contributed by atoms with Crippen molar-refractivity contribution in [1.29, 1.82) is 0 Å². The van der Waals surface area contributed by atoms with E-state index >= 15 is 0 Å². The summed E-state index contributed by atoms with van der Waals surface area (Å²) in [5.41, 5.74) is 3.26. The number of ether oxygens (including phenoxy) is 2. The molecule has 0 aromatic heterocycles. The Morgan fingerprint density at radius 1 is 1.03 bits per heavy atom. The standard InChI is InChI=1S/C25H23ClN2O6S/c1-3-14-33-23-13-11-19(16-24(23)32-4-2)25(29)28-27-17-18-10-12-22(21(26)15-18)34-35(30,31)20-8-6-5-7-9-20/h3,5-13,15-17H,1,4,14H2,2H3,(H,28,29)/b27-17+. The fourth-order valence-corrected chi connectivity index (χ4v) is 4.08. The summed E-state index contributed by atoms with van der Waals surface area (Å²) in [6, 6.07) is 16.9. The Morgan fingerprint density at radius 2 is 1.77 bits per heavy atom. The summed E-state index contributed by atoms with van der Waals surface area (Å²) in [7, 11) is -4.02. The summed E-state index contributed by atoms with van der Waals surface area (Å²) in [5, 5.41) is 4.00. The van der Waals surface area contributed by atoms with E-state index in [2.05, 4.69) is 17.1 Å². The maximum Gasteiger partial charge on any atom is 0.339 e. The average molecular weight is 515 g/mol. The molecule has 8 nitrogen and oxygen atoms in total. The van der Waals surface area contributed by atoms with Gasteiger partial charge in [-0.1, -0.05) is 42.5 Å². The Kier molecular flexibility index (Phi) is 8.88. The number of hydrogen-bond donors (Lipinski definition) is 1. The summed E-state index contributed by atoms with van der Waals surface area (Å²) in [5.74, 6) is 0.438. The second-order valence-corrected chi connectivity index (χ2v) is 8.89. The average Bonchev–Trinajstić information content (AvgIpc) is 2.85. The van der Waals surface area contributed by atoms with E-state index < -0.39 is 16.0 Å². The van der Waals surface area contributed by atoms with Crippen molar-refractivity contribution in [3.8, 4) is 17.2 Å². The number of benzene rings is 3. The molecule has 35 heavy (non-hydrogen) atoms. The maximum absolute atomic E-state index is 12.5. The fourth-order valence-electron chi connectivity index (χ4n) is 2.83. The van der Waals surface area contributed by atoms with Gasteiger partial charge in [0.05, 0.1) is 17.8 Å². The highest BCUT2D eigenvalue weighted by molar-refractivity contribution is 7.87. The third-order valence-corrected chi connectivity index (χ3v) is 5.97. The van der Waals surface area contributed by atoms with Crippen molar-refractivity contribution in [2.24, 2.45) is 5.10 Å². The zero-order chi connectivity index (χ0) is 25.3. The first-order chi connectivity index (χ1) is 16.8. The molecule has 0 saturated heterocycles. The molecule has 0 aliphatic rings. The first-order valence-corrected chi connectivity index (χ1v) is 12.3. The van der Waals surface area contributed by atoms with Crippen LogP contribution in [0.1, 0.15) is 22.8 Å². The Bertz CT molecular complexity index is 1330. The van der Waals surface area contributed by atoms with E-state index in [0.717, 1.165) is 0 Å². The number of amides is 1. The second kappa shape index (κ2) is 12.0. The minimum absolute atomic E-state index is 0.0113. The van der Waals surface area contributed by atoms with Gasteiger partial charge in [-0.15, -0.1) is 0 Å². The first kappa shape index (κ1) is 25.8. The number of carbonyl (C=O) groups is 1. The highest BCUT2D eigenvalue weighted by Crippen LogP contribution is 2.29. The van der Waals surface area contributed by atoms with Crippen molar-refractivity contribution in [3.05, 3.63) is 95.5 Å². The van der Waals surface area contributed by atoms with Crippen LogP contribution in [0.5, 0.6) is 17.2 Å². The monoisotopic (exact) mass is 514 g/mol. The molecule has 0 radical (unpaired) electrons. The summed E-state index contributed by atoms with van der Waals surface area (Å²) < 4.78 is 41.0. The van der Waals surface area contributed by atoms with Crippen LogP contribution in [0.2, 0.25) is 5.02 Å². The van der Waals surface area contributed by atoms with Crippen LogP contribution in [0.15, 0.2) is 89.4 Å². The SMILES string of the molecule is C=CCOc1ccc(C(=O)N/N=C/c2ccc(OS(=O)(=O)c3ccccc3)c(Cl)c2)cc1OCC. The van der Waals surface area contributed by atoms with E-state index in [1.807, 2.05) is 6.92 Å². The minimum Gasteiger partial charge on any atom is -0.490 e. The van der Waals surface area contributed by atoms with Crippen LogP contribution in [0.3, 0.4) is 0 Å². The summed E-state index contributed by atoms with van der Waals surface area (Å²) in [4.78, 5) is 12.5. The summed E-state index contributed by atoms with van der Waals surface area (Å²) in [6.07, 6.45) is 2.97. The molecule has 0 fully saturated rings. The topological polar surface area (TPSA) is 103 Å². The van der Waals surface area contributed by atoms with Crippen molar-refractivity contribution in [2.45, 2.75) is 11.8 Å². The summed E-state index contributed by atoms with van der Waals surface area (Å²) in [6.45, 7) is 6.14. The Morgan fingerprint density at radius 3 is 2.46 bits per heavy atom. The van der Waals surface area contributed by atoms with Crippen LogP contribution >= 0.6 is 11.6 Å². The smallest absolute Gasteiger partial charge is 0.339 e. The van der Waals surface area contributed by atoms with Crippen molar-refractivity contribution >= 4 is 33.8 Å². The van der Waals surface area contributed by atoms with E-state index in [0.29, 0.717) is 35.8 Å². The van der Waals surface area contributed by atoms with Gasteiger partial charge in [0.2, 0.25) is 0 Å². The summed E-state index contributed by atoms with van der Waals surface area (Å²) >= 11 is 6.19. The number of nitrogens with zero attached hydrogens (tertiary/aromatic N) is 1. The van der Waals surface area contributed by atoms with Gasteiger partial charge in [-0.3, -0.25) is 4.79 Å². The van der Waals surface area contributed by atoms with Gasteiger partial charge in [0.25, 0.3) is 5.91 Å². The van der Waals surface area contributed by atoms with Gasteiger partial charge in [0, 0.05) is 5.56 Å². The van der Waals surface area contributed by atoms with Crippen LogP contribution in [0.25, 0.3) is 0 Å². The maximum atomic E-state index is 12.5. The highest BCUT2D eigenvalue weighted by atomic mass is 35.5. The second-order valence-electron chi connectivity index (χ2n) is 6.93. The first-order valence-electron chi connectivity index (χ1n) is 10.5. The molecule has 0 heterocycles. The van der Waals surface area contributed by atoms with Crippen molar-refractivity contribution < 1.29 is 26.9 Å². The molecule has 3 rings (SSSR count). The molecule has 0 spiro atoms. The number of nitrogens with one attached hydrogen (secondary N) is 1. The van der Waals surface area contributed by atoms with Crippen LogP contribution in [0, 0.1) is 0 Å². The van der Waals surface area contributed by atoms with E-state index in [1.54, 1.807) is 48.5 Å². The van der Waals surface area contributed by atoms with Crippen molar-refractivity contribution in [1.82, 2.24) is 5.43 Å². The molecule has 1 amide bonds. The molecule has 0 unspecified atom stereocenters. The lowest BCUT2D eigenvalue weighted by atomic mass is 10.2. The fraction of sp³-hybridized carbons (Fsp3) is 0.120. The molecule has 1 N–H and O–H groups in total. The zero-order valence-electron chi connectivity index (χ0n) is 18.8. The Labute approximate surface area is 208 Å². The van der Waals surface area contributed by atoms with Gasteiger partial charge in [0.1, 0.15) is 11.5 Å². The predicted octanol–water partition coefficient (Wildman–Crippen LogP) is 4.84. The zero-order valence-corrected chi connectivity index (χ0v) is 20.4. The van der Waals surface area contributed by atoms with Crippen LogP contribution < -0.4 is 19.1 Å². The van der Waals surface area contributed by atoms with Gasteiger partial charge >= 0.3 is 10.1 Å². The molecule has 10 heteroatoms. The van der Waals surface area contributed by atoms with Gasteiger partial charge < -0.3 is 13.7 Å². The third kappa shape index (κ3) is 7.08.